The van der Waals surface area contributed by atoms with E-state index in [-0.39, 0.29) is 18.7 Å². The highest BCUT2D eigenvalue weighted by atomic mass is 16.6. The molecule has 1 aromatic carbocycles. The van der Waals surface area contributed by atoms with Gasteiger partial charge in [0.2, 0.25) is 11.8 Å². The summed E-state index contributed by atoms with van der Waals surface area (Å²) in [4.78, 5) is 34.9. The molecule has 1 heterocycles. The molecule has 11 nitrogen and oxygen atoms in total. The molecule has 0 saturated carbocycles. The van der Waals surface area contributed by atoms with Crippen molar-refractivity contribution in [2.45, 2.75) is 75.6 Å². The first-order valence-corrected chi connectivity index (χ1v) is 10.7. The van der Waals surface area contributed by atoms with Gasteiger partial charge in [-0.05, 0) is 37.0 Å². The maximum Gasteiger partial charge on any atom is 0.336 e. The Morgan fingerprint density at radius 1 is 1.15 bits per heavy atom. The summed E-state index contributed by atoms with van der Waals surface area (Å²) in [5.41, 5.74) is -0.342. The van der Waals surface area contributed by atoms with E-state index < -0.39 is 54.5 Å². The van der Waals surface area contributed by atoms with Gasteiger partial charge in [0.25, 0.3) is 0 Å². The summed E-state index contributed by atoms with van der Waals surface area (Å²) in [6.45, 7) is 1.77. The monoisotopic (exact) mass is 468 g/mol. The zero-order valence-corrected chi connectivity index (χ0v) is 18.6. The lowest BCUT2D eigenvalue weighted by atomic mass is 9.80. The summed E-state index contributed by atoms with van der Waals surface area (Å²) >= 11 is 0. The summed E-state index contributed by atoms with van der Waals surface area (Å²) in [5, 5.41) is 55.2. The molecule has 2 rings (SSSR count). The van der Waals surface area contributed by atoms with Crippen LogP contribution < -0.4 is 10.6 Å². The van der Waals surface area contributed by atoms with Gasteiger partial charge in [-0.2, -0.15) is 0 Å². The minimum absolute atomic E-state index is 0.0158. The smallest absolute Gasteiger partial charge is 0.336 e. The SMILES string of the molecule is CC(=O)Nc1ccc(CCC[C@]2(C(=O)O)C[C@H](O)[C@@H](NC(C)=O)[C@H]([C@H](O)[C@H](O)CO)O2)cc1. The van der Waals surface area contributed by atoms with Gasteiger partial charge in [0.1, 0.15) is 18.3 Å². The molecule has 0 aliphatic carbocycles. The maximum absolute atomic E-state index is 12.2. The van der Waals surface area contributed by atoms with Crippen LogP contribution >= 0.6 is 0 Å². The number of anilines is 1. The highest BCUT2D eigenvalue weighted by Gasteiger charge is 2.54. The Hall–Kier alpha value is -2.57. The van der Waals surface area contributed by atoms with E-state index in [2.05, 4.69) is 10.6 Å². The molecular weight excluding hydrogens is 436 g/mol. The number of aliphatic hydroxyl groups excluding tert-OH is 4. The van der Waals surface area contributed by atoms with Crippen LogP contribution in [0.15, 0.2) is 24.3 Å². The molecule has 2 amide bonds. The molecule has 1 aliphatic heterocycles. The fourth-order valence-corrected chi connectivity index (χ4v) is 4.03. The van der Waals surface area contributed by atoms with Gasteiger partial charge >= 0.3 is 5.97 Å². The van der Waals surface area contributed by atoms with Crippen molar-refractivity contribution in [3.05, 3.63) is 29.8 Å². The number of aliphatic hydroxyl groups is 4. The molecule has 0 radical (unpaired) electrons. The van der Waals surface area contributed by atoms with Gasteiger partial charge < -0.3 is 40.9 Å². The van der Waals surface area contributed by atoms with Crippen LogP contribution in [0, 0.1) is 0 Å². The lowest BCUT2D eigenvalue weighted by molar-refractivity contribution is -0.231. The second-order valence-electron chi connectivity index (χ2n) is 8.35. The number of carbonyl (C=O) groups is 3. The minimum Gasteiger partial charge on any atom is -0.479 e. The number of carboxylic acids is 1. The third-order valence-electron chi connectivity index (χ3n) is 5.67. The molecule has 0 spiro atoms. The van der Waals surface area contributed by atoms with Crippen LogP contribution in [0.4, 0.5) is 5.69 Å². The van der Waals surface area contributed by atoms with E-state index in [1.165, 1.54) is 13.8 Å². The van der Waals surface area contributed by atoms with Gasteiger partial charge in [-0.15, -0.1) is 0 Å². The van der Waals surface area contributed by atoms with E-state index in [0.29, 0.717) is 18.5 Å². The molecule has 1 saturated heterocycles. The Morgan fingerprint density at radius 3 is 2.30 bits per heavy atom. The molecule has 7 N–H and O–H groups in total. The number of ether oxygens (including phenoxy) is 1. The molecule has 11 heteroatoms. The van der Waals surface area contributed by atoms with E-state index in [9.17, 15) is 39.9 Å². The standard InChI is InChI=1S/C22H32N2O9/c1-12(26)23-15-7-5-14(6-8-15)4-3-9-22(21(31)32)10-16(28)18(24-13(2)27)20(33-22)19(30)17(29)11-25/h5-8,16-20,25,28-30H,3-4,9-11H2,1-2H3,(H,23,26)(H,24,27)(H,31,32)/t16-,17+,18+,19+,20+,22+/m0/s1. The van der Waals surface area contributed by atoms with Crippen molar-refractivity contribution < 1.29 is 44.7 Å². The molecule has 0 aromatic heterocycles. The van der Waals surface area contributed by atoms with E-state index in [0.717, 1.165) is 5.56 Å². The van der Waals surface area contributed by atoms with Gasteiger partial charge in [-0.25, -0.2) is 4.79 Å². The topological polar surface area (TPSA) is 186 Å². The average molecular weight is 469 g/mol. The first-order chi connectivity index (χ1) is 15.5. The minimum atomic E-state index is -1.87. The number of carboxylic acid groups (broad SMARTS) is 1. The normalized spacial score (nSPS) is 26.8. The number of benzene rings is 1. The summed E-state index contributed by atoms with van der Waals surface area (Å²) < 4.78 is 5.76. The van der Waals surface area contributed by atoms with Crippen LogP contribution in [0.5, 0.6) is 0 Å². The number of hydrogen-bond donors (Lipinski definition) is 7. The zero-order valence-electron chi connectivity index (χ0n) is 18.6. The zero-order chi connectivity index (χ0) is 24.8. The molecule has 1 aliphatic rings. The second kappa shape index (κ2) is 11.5. The molecule has 184 valence electrons. The second-order valence-corrected chi connectivity index (χ2v) is 8.35. The Labute approximate surface area is 191 Å². The van der Waals surface area contributed by atoms with Crippen molar-refractivity contribution >= 4 is 23.5 Å². The van der Waals surface area contributed by atoms with E-state index in [4.69, 9.17) is 4.74 Å². The molecule has 1 aromatic rings. The van der Waals surface area contributed by atoms with E-state index in [1.54, 1.807) is 24.3 Å². The number of carbonyl (C=O) groups excluding carboxylic acids is 2. The van der Waals surface area contributed by atoms with Gasteiger partial charge in [0, 0.05) is 26.0 Å². The number of nitrogens with one attached hydrogen (secondary N) is 2. The van der Waals surface area contributed by atoms with Crippen molar-refractivity contribution in [3.8, 4) is 0 Å². The van der Waals surface area contributed by atoms with Crippen molar-refractivity contribution in [2.75, 3.05) is 11.9 Å². The molecule has 33 heavy (non-hydrogen) atoms. The first-order valence-electron chi connectivity index (χ1n) is 10.7. The van der Waals surface area contributed by atoms with Gasteiger partial charge in [-0.1, -0.05) is 12.1 Å². The predicted octanol–water partition coefficient (Wildman–Crippen LogP) is -0.840. The summed E-state index contributed by atoms with van der Waals surface area (Å²) in [6, 6.07) is 5.88. The van der Waals surface area contributed by atoms with Crippen LogP contribution in [0.2, 0.25) is 0 Å². The van der Waals surface area contributed by atoms with E-state index >= 15 is 0 Å². The number of amides is 2. The van der Waals surface area contributed by atoms with Crippen LogP contribution in [0.25, 0.3) is 0 Å². The first kappa shape index (κ1) is 26.7. The molecule has 0 unspecified atom stereocenters. The number of aryl methyl sites for hydroxylation is 1. The average Bonchev–Trinajstić information content (AvgIpc) is 2.74. The van der Waals surface area contributed by atoms with E-state index in [1.807, 2.05) is 0 Å². The fraction of sp³-hybridized carbons (Fsp3) is 0.591. The Kier molecular flexibility index (Phi) is 9.32. The third-order valence-corrected chi connectivity index (χ3v) is 5.67. The van der Waals surface area contributed by atoms with Crippen molar-refractivity contribution in [1.82, 2.24) is 5.32 Å². The number of aliphatic carboxylic acids is 1. The molecular formula is C22H32N2O9. The number of hydrogen-bond acceptors (Lipinski definition) is 8. The highest BCUT2D eigenvalue weighted by Crippen LogP contribution is 2.36. The maximum atomic E-state index is 12.2. The lowest BCUT2D eigenvalue weighted by Gasteiger charge is -2.47. The van der Waals surface area contributed by atoms with Gasteiger partial charge in [0.15, 0.2) is 5.60 Å². The van der Waals surface area contributed by atoms with Gasteiger partial charge in [0.05, 0.1) is 18.8 Å². The molecule has 1 fully saturated rings. The lowest BCUT2D eigenvalue weighted by Crippen LogP contribution is -2.67. The van der Waals surface area contributed by atoms with Crippen molar-refractivity contribution in [1.29, 1.82) is 0 Å². The fourth-order valence-electron chi connectivity index (χ4n) is 4.03. The van der Waals surface area contributed by atoms with Gasteiger partial charge in [-0.3, -0.25) is 9.59 Å². The Bertz CT molecular complexity index is 832. The quantitative estimate of drug-likeness (QED) is 0.230. The Morgan fingerprint density at radius 2 is 1.79 bits per heavy atom. The third kappa shape index (κ3) is 6.95. The Balaban J connectivity index is 2.16. The summed E-state index contributed by atoms with van der Waals surface area (Å²) in [6.07, 6.45) is -5.77. The van der Waals surface area contributed by atoms with Crippen LogP contribution in [0.1, 0.15) is 38.7 Å². The molecule has 0 bridgehead atoms. The summed E-state index contributed by atoms with van der Waals surface area (Å²) in [7, 11) is 0. The van der Waals surface area contributed by atoms with Crippen molar-refractivity contribution in [3.63, 3.8) is 0 Å². The van der Waals surface area contributed by atoms with Crippen LogP contribution in [-0.4, -0.2) is 86.0 Å². The summed E-state index contributed by atoms with van der Waals surface area (Å²) in [5.74, 6) is -2.08. The largest absolute Gasteiger partial charge is 0.479 e. The predicted molar refractivity (Wildman–Crippen MR) is 116 cm³/mol. The number of rotatable bonds is 10. The van der Waals surface area contributed by atoms with Crippen molar-refractivity contribution in [2.24, 2.45) is 0 Å². The van der Waals surface area contributed by atoms with Crippen LogP contribution in [0.3, 0.4) is 0 Å². The van der Waals surface area contributed by atoms with Crippen LogP contribution in [-0.2, 0) is 25.5 Å². The highest BCUT2D eigenvalue weighted by molar-refractivity contribution is 5.88. The molecule has 6 atom stereocenters.